The number of allylic oxidation sites excluding steroid dienone is 4. The average molecular weight is 519 g/mol. The minimum absolute atomic E-state index is 0. The molecule has 1 unspecified atom stereocenters. The van der Waals surface area contributed by atoms with Crippen molar-refractivity contribution in [1.29, 1.82) is 0 Å². The topological polar surface area (TPSA) is 0 Å². The summed E-state index contributed by atoms with van der Waals surface area (Å²) in [6, 6.07) is 7.03. The molecule has 1 aromatic rings. The van der Waals surface area contributed by atoms with Gasteiger partial charge in [-0.2, -0.15) is 0 Å². The molecule has 1 aromatic carbocycles. The molecule has 2 aliphatic rings. The Hall–Kier alpha value is -0.0969. The van der Waals surface area contributed by atoms with Crippen molar-refractivity contribution in [2.24, 2.45) is 5.41 Å². The largest absolute Gasteiger partial charge is 4.00 e. The molecular weight excluding hydrogens is 486 g/mol. The number of halogens is 2. The molecule has 0 aliphatic heterocycles. The fourth-order valence-corrected chi connectivity index (χ4v) is 4.19. The van der Waals surface area contributed by atoms with Gasteiger partial charge in [-0.3, -0.25) is 0 Å². The van der Waals surface area contributed by atoms with Crippen LogP contribution in [0.3, 0.4) is 0 Å². The molecule has 0 nitrogen and oxygen atoms in total. The molecule has 0 N–H and O–H groups in total. The van der Waals surface area contributed by atoms with Crippen LogP contribution < -0.4 is 24.8 Å². The van der Waals surface area contributed by atoms with Gasteiger partial charge in [-0.1, -0.05) is 64.1 Å². The van der Waals surface area contributed by atoms with Crippen LogP contribution >= 0.6 is 0 Å². The maximum atomic E-state index is 3.98. The van der Waals surface area contributed by atoms with Crippen LogP contribution in [0, 0.1) is 42.9 Å². The van der Waals surface area contributed by atoms with Gasteiger partial charge in [0.05, 0.1) is 0 Å². The van der Waals surface area contributed by atoms with Crippen LogP contribution in [0.15, 0.2) is 49.6 Å². The predicted molar refractivity (Wildman–Crippen MR) is 118 cm³/mol. The van der Waals surface area contributed by atoms with Crippen LogP contribution in [-0.4, -0.2) is 0 Å². The van der Waals surface area contributed by atoms with Crippen molar-refractivity contribution in [1.82, 2.24) is 0 Å². The molecule has 0 heterocycles. The van der Waals surface area contributed by atoms with E-state index in [1.165, 1.54) is 34.1 Å². The molecule has 30 heavy (non-hydrogen) atoms. The van der Waals surface area contributed by atoms with Gasteiger partial charge in [0.2, 0.25) is 0 Å². The Balaban J connectivity index is 0.00000280. The van der Waals surface area contributed by atoms with Gasteiger partial charge >= 0.3 is 26.2 Å². The van der Waals surface area contributed by atoms with Crippen molar-refractivity contribution >= 4 is 5.57 Å². The van der Waals surface area contributed by atoms with E-state index < -0.39 is 0 Å². The fourth-order valence-electron chi connectivity index (χ4n) is 4.19. The first kappa shape index (κ1) is 29.9. The summed E-state index contributed by atoms with van der Waals surface area (Å²) in [6.07, 6.45) is 18.3. The minimum atomic E-state index is -0.0220. The standard InChI is InChI=1S/C27H32.2ClH.Zr/c1-7-9-17-27(6,21-13-10-11-14-21)25-18-20(12-8-2)23-16-15-22(19-24(23)25)26(3,4)5;;;/h7-8,10-11,13-16,18-19H,1-2,9,12,17H2,3-6H3;2*1H;/q;;;+4/p-2. The van der Waals surface area contributed by atoms with Crippen molar-refractivity contribution in [2.75, 3.05) is 0 Å². The summed E-state index contributed by atoms with van der Waals surface area (Å²) in [5.41, 5.74) is 5.65. The van der Waals surface area contributed by atoms with Crippen molar-refractivity contribution in [3.8, 4) is 0 Å². The second-order valence-corrected chi connectivity index (χ2v) is 8.92. The molecule has 1 fully saturated rings. The van der Waals surface area contributed by atoms with Crippen LogP contribution in [0.1, 0.15) is 63.6 Å². The average Bonchev–Trinajstić information content (AvgIpc) is 3.28. The van der Waals surface area contributed by atoms with Crippen LogP contribution in [0.4, 0.5) is 0 Å². The molecule has 3 rings (SSSR count). The number of fused-ring (bicyclic) bond motifs is 1. The van der Waals surface area contributed by atoms with Gasteiger partial charge in [-0.25, -0.2) is 0 Å². The molecule has 1 atom stereocenters. The summed E-state index contributed by atoms with van der Waals surface area (Å²) in [5.74, 6) is 2.83. The summed E-state index contributed by atoms with van der Waals surface area (Å²) in [6.45, 7) is 17.2. The zero-order valence-electron chi connectivity index (χ0n) is 18.6. The Morgan fingerprint density at radius 1 is 0.900 bits per heavy atom. The summed E-state index contributed by atoms with van der Waals surface area (Å²) < 4.78 is 0. The van der Waals surface area contributed by atoms with E-state index in [-0.39, 0.29) is 61.8 Å². The van der Waals surface area contributed by atoms with Gasteiger partial charge in [0.1, 0.15) is 0 Å². The van der Waals surface area contributed by atoms with E-state index in [0.717, 1.165) is 19.3 Å². The quantitative estimate of drug-likeness (QED) is 0.477. The first-order valence-corrected chi connectivity index (χ1v) is 9.98. The van der Waals surface area contributed by atoms with Crippen molar-refractivity contribution in [3.05, 3.63) is 104 Å². The third-order valence-corrected chi connectivity index (χ3v) is 5.95. The number of hydrogen-bond donors (Lipinski definition) is 0. The SMILES string of the molecule is C=CCCC(C)([C]1[CH][CH][CH][CH]1)[C]1C=C(CC=C)c2ccc(C(C)(C)C)cc21.[Cl-].[Cl-].[Zr+4]. The summed E-state index contributed by atoms with van der Waals surface area (Å²) >= 11 is 0. The van der Waals surface area contributed by atoms with E-state index in [9.17, 15) is 0 Å². The second-order valence-electron chi connectivity index (χ2n) is 8.92. The van der Waals surface area contributed by atoms with E-state index in [4.69, 9.17) is 0 Å². The van der Waals surface area contributed by atoms with E-state index in [1.807, 2.05) is 12.2 Å². The van der Waals surface area contributed by atoms with E-state index in [0.29, 0.717) is 0 Å². The van der Waals surface area contributed by atoms with Gasteiger partial charge in [0, 0.05) is 5.92 Å². The van der Waals surface area contributed by atoms with Gasteiger partial charge in [0.15, 0.2) is 0 Å². The van der Waals surface area contributed by atoms with E-state index >= 15 is 0 Å². The number of hydrogen-bond acceptors (Lipinski definition) is 0. The molecule has 1 saturated carbocycles. The molecule has 6 radical (unpaired) electrons. The Morgan fingerprint density at radius 2 is 1.53 bits per heavy atom. The van der Waals surface area contributed by atoms with Crippen molar-refractivity contribution < 1.29 is 51.0 Å². The first-order valence-electron chi connectivity index (χ1n) is 9.98. The molecule has 0 amide bonds. The van der Waals surface area contributed by atoms with Gasteiger partial charge in [-0.05, 0) is 84.0 Å². The fraction of sp³-hybridized carbons (Fsp3) is 0.333. The minimum Gasteiger partial charge on any atom is -1.00 e. The van der Waals surface area contributed by atoms with Gasteiger partial charge in [-0.15, -0.1) is 13.2 Å². The predicted octanol–water partition coefficient (Wildman–Crippen LogP) is 1.26. The van der Waals surface area contributed by atoms with E-state index in [2.05, 4.69) is 90.8 Å². The maximum Gasteiger partial charge on any atom is 4.00 e. The molecule has 0 saturated heterocycles. The van der Waals surface area contributed by atoms with Crippen LogP contribution in [0.5, 0.6) is 0 Å². The van der Waals surface area contributed by atoms with Gasteiger partial charge in [0.25, 0.3) is 0 Å². The molecule has 3 heteroatoms. The van der Waals surface area contributed by atoms with Crippen LogP contribution in [-0.2, 0) is 31.6 Å². The van der Waals surface area contributed by atoms with Crippen molar-refractivity contribution in [3.63, 3.8) is 0 Å². The van der Waals surface area contributed by atoms with E-state index in [1.54, 1.807) is 0 Å². The molecule has 0 spiro atoms. The zero-order valence-corrected chi connectivity index (χ0v) is 22.5. The summed E-state index contributed by atoms with van der Waals surface area (Å²) in [4.78, 5) is 0. The van der Waals surface area contributed by atoms with Gasteiger partial charge < -0.3 is 24.8 Å². The smallest absolute Gasteiger partial charge is 1.00 e. The Labute approximate surface area is 217 Å². The summed E-state index contributed by atoms with van der Waals surface area (Å²) in [5, 5.41) is 0. The molecule has 0 bridgehead atoms. The molecule has 2 aliphatic carbocycles. The Bertz CT molecular complexity index is 738. The third kappa shape index (κ3) is 6.02. The monoisotopic (exact) mass is 516 g/mol. The molecule has 156 valence electrons. The van der Waals surface area contributed by atoms with Crippen LogP contribution in [0.25, 0.3) is 5.57 Å². The number of rotatable bonds is 7. The maximum absolute atomic E-state index is 3.98. The second kappa shape index (κ2) is 12.2. The van der Waals surface area contributed by atoms with Crippen LogP contribution in [0.2, 0.25) is 0 Å². The summed E-state index contributed by atoms with van der Waals surface area (Å²) in [7, 11) is 0. The molecular formula is C27H32Cl2Zr+2. The molecule has 0 aromatic heterocycles. The zero-order chi connectivity index (χ0) is 19.7. The Morgan fingerprint density at radius 3 is 2.07 bits per heavy atom. The third-order valence-electron chi connectivity index (χ3n) is 5.95. The van der Waals surface area contributed by atoms with Crippen molar-refractivity contribution in [2.45, 2.75) is 52.4 Å². The Kier molecular flexibility index (Phi) is 12.2. The normalized spacial score (nSPS) is 18.2. The first-order chi connectivity index (χ1) is 12.8. The number of benzene rings is 1.